The molecule has 0 aromatic carbocycles. The maximum atomic E-state index is 12.7. The van der Waals surface area contributed by atoms with E-state index >= 15 is 0 Å². The van der Waals surface area contributed by atoms with E-state index < -0.39 is 0 Å². The molecule has 0 saturated carbocycles. The van der Waals surface area contributed by atoms with E-state index in [0.717, 1.165) is 23.8 Å². The van der Waals surface area contributed by atoms with Crippen LogP contribution in [0.5, 0.6) is 0 Å². The zero-order valence-corrected chi connectivity index (χ0v) is 14.7. The summed E-state index contributed by atoms with van der Waals surface area (Å²) in [4.78, 5) is 28.4. The number of rotatable bonds is 3. The lowest BCUT2D eigenvalue weighted by Crippen LogP contribution is -2.40. The number of nitrogens with zero attached hydrogens (tertiary/aromatic N) is 7. The first kappa shape index (κ1) is 15.9. The molecule has 1 aliphatic rings. The fourth-order valence-electron chi connectivity index (χ4n) is 3.15. The van der Waals surface area contributed by atoms with Gasteiger partial charge in [-0.2, -0.15) is 5.10 Å². The van der Waals surface area contributed by atoms with Crippen LogP contribution in [0.2, 0.25) is 0 Å². The molecule has 0 atom stereocenters. The summed E-state index contributed by atoms with van der Waals surface area (Å²) >= 11 is 0. The highest BCUT2D eigenvalue weighted by Gasteiger charge is 2.22. The van der Waals surface area contributed by atoms with Gasteiger partial charge in [0, 0.05) is 31.5 Å². The second kappa shape index (κ2) is 6.03. The van der Waals surface area contributed by atoms with Crippen LogP contribution in [0.4, 0.5) is 0 Å². The van der Waals surface area contributed by atoms with Crippen LogP contribution in [0, 0.1) is 6.92 Å². The Bertz CT molecular complexity index is 971. The fraction of sp³-hybridized carbons (Fsp3) is 0.471. The van der Waals surface area contributed by atoms with E-state index in [1.165, 1.54) is 0 Å². The summed E-state index contributed by atoms with van der Waals surface area (Å²) in [7, 11) is 0. The Morgan fingerprint density at radius 3 is 2.64 bits per heavy atom. The second-order valence-corrected chi connectivity index (χ2v) is 6.79. The summed E-state index contributed by atoms with van der Waals surface area (Å²) in [6.07, 6.45) is 5.28. The van der Waals surface area contributed by atoms with Crippen molar-refractivity contribution >= 4 is 11.0 Å². The number of fused-ring (bicyclic) bond motifs is 2. The summed E-state index contributed by atoms with van der Waals surface area (Å²) in [6.45, 7) is 8.69. The molecule has 0 spiro atoms. The monoisotopic (exact) mass is 339 g/mol. The van der Waals surface area contributed by atoms with Gasteiger partial charge in [0.1, 0.15) is 17.0 Å². The van der Waals surface area contributed by atoms with Crippen molar-refractivity contribution in [3.63, 3.8) is 0 Å². The van der Waals surface area contributed by atoms with Gasteiger partial charge >= 0.3 is 0 Å². The number of aromatic nitrogens is 6. The van der Waals surface area contributed by atoms with E-state index in [4.69, 9.17) is 4.98 Å². The van der Waals surface area contributed by atoms with Crippen LogP contribution in [0.15, 0.2) is 23.4 Å². The molecule has 0 aliphatic carbocycles. The molecule has 8 nitrogen and oxygen atoms in total. The van der Waals surface area contributed by atoms with Crippen molar-refractivity contribution in [3.05, 3.63) is 46.2 Å². The van der Waals surface area contributed by atoms with E-state index in [2.05, 4.69) is 20.0 Å². The lowest BCUT2D eigenvalue weighted by atomic mass is 10.3. The van der Waals surface area contributed by atoms with Crippen molar-refractivity contribution in [2.24, 2.45) is 0 Å². The van der Waals surface area contributed by atoms with Gasteiger partial charge in [-0.3, -0.25) is 14.3 Å². The van der Waals surface area contributed by atoms with Crippen molar-refractivity contribution in [1.82, 2.24) is 34.2 Å². The zero-order valence-electron chi connectivity index (χ0n) is 14.7. The molecule has 25 heavy (non-hydrogen) atoms. The van der Waals surface area contributed by atoms with Crippen LogP contribution in [0.3, 0.4) is 0 Å². The Morgan fingerprint density at radius 2 is 1.92 bits per heavy atom. The van der Waals surface area contributed by atoms with E-state index in [9.17, 15) is 4.79 Å². The Hall–Kier alpha value is -2.61. The van der Waals surface area contributed by atoms with Gasteiger partial charge in [0.15, 0.2) is 5.65 Å². The molecule has 1 aliphatic heterocycles. The van der Waals surface area contributed by atoms with Gasteiger partial charge in [-0.25, -0.2) is 19.6 Å². The average molecular weight is 339 g/mol. The Morgan fingerprint density at radius 1 is 1.16 bits per heavy atom. The van der Waals surface area contributed by atoms with E-state index in [1.54, 1.807) is 15.4 Å². The van der Waals surface area contributed by atoms with Gasteiger partial charge in [-0.1, -0.05) is 0 Å². The predicted molar refractivity (Wildman–Crippen MR) is 93.1 cm³/mol. The SMILES string of the molecule is Cc1cnc(CN2CCn3c(nc4c(cnn4C(C)C)c3=O)C2)nc1. The van der Waals surface area contributed by atoms with Crippen molar-refractivity contribution in [2.45, 2.75) is 46.4 Å². The molecule has 3 aromatic rings. The van der Waals surface area contributed by atoms with E-state index in [1.807, 2.05) is 33.2 Å². The summed E-state index contributed by atoms with van der Waals surface area (Å²) in [6, 6.07) is 0.160. The zero-order chi connectivity index (χ0) is 17.6. The topological polar surface area (TPSA) is 81.7 Å². The Kier molecular flexibility index (Phi) is 3.84. The van der Waals surface area contributed by atoms with Crippen LogP contribution in [-0.4, -0.2) is 40.7 Å². The third kappa shape index (κ3) is 2.82. The molecule has 0 N–H and O–H groups in total. The summed E-state index contributed by atoms with van der Waals surface area (Å²) in [5, 5.41) is 4.92. The molecule has 0 bridgehead atoms. The lowest BCUT2D eigenvalue weighted by Gasteiger charge is -2.28. The maximum Gasteiger partial charge on any atom is 0.264 e. The minimum absolute atomic E-state index is 0.00173. The van der Waals surface area contributed by atoms with Gasteiger partial charge < -0.3 is 0 Å². The molecular weight excluding hydrogens is 318 g/mol. The largest absolute Gasteiger partial charge is 0.294 e. The van der Waals surface area contributed by atoms with Crippen LogP contribution >= 0.6 is 0 Å². The van der Waals surface area contributed by atoms with Crippen molar-refractivity contribution < 1.29 is 0 Å². The van der Waals surface area contributed by atoms with Crippen LogP contribution in [0.1, 0.15) is 37.1 Å². The second-order valence-electron chi connectivity index (χ2n) is 6.79. The lowest BCUT2D eigenvalue weighted by molar-refractivity contribution is 0.199. The first-order valence-corrected chi connectivity index (χ1v) is 8.49. The first-order chi connectivity index (χ1) is 12.0. The standard InChI is InChI=1S/C17H21N7O/c1-11(2)24-16-13(8-20-24)17(25)23-5-4-22(10-15(23)21-16)9-14-18-6-12(3)7-19-14/h6-8,11H,4-5,9-10H2,1-3H3. The molecular formula is C17H21N7O. The molecule has 4 rings (SSSR count). The van der Waals surface area contributed by atoms with E-state index in [-0.39, 0.29) is 11.6 Å². The minimum Gasteiger partial charge on any atom is -0.294 e. The summed E-state index contributed by atoms with van der Waals surface area (Å²) in [5.74, 6) is 1.56. The third-order valence-electron chi connectivity index (χ3n) is 4.48. The quantitative estimate of drug-likeness (QED) is 0.715. The summed E-state index contributed by atoms with van der Waals surface area (Å²) in [5.41, 5.74) is 1.71. The molecule has 4 heterocycles. The van der Waals surface area contributed by atoms with Crippen molar-refractivity contribution in [3.8, 4) is 0 Å². The molecule has 3 aromatic heterocycles. The smallest absolute Gasteiger partial charge is 0.264 e. The highest BCUT2D eigenvalue weighted by Crippen LogP contribution is 2.17. The van der Waals surface area contributed by atoms with Gasteiger partial charge in [0.2, 0.25) is 0 Å². The maximum absolute atomic E-state index is 12.7. The third-order valence-corrected chi connectivity index (χ3v) is 4.48. The van der Waals surface area contributed by atoms with Gasteiger partial charge in [-0.15, -0.1) is 0 Å². The average Bonchev–Trinajstić information content (AvgIpc) is 3.01. The van der Waals surface area contributed by atoms with Crippen LogP contribution in [-0.2, 0) is 19.6 Å². The van der Waals surface area contributed by atoms with Crippen LogP contribution in [0.25, 0.3) is 11.0 Å². The van der Waals surface area contributed by atoms with Gasteiger partial charge in [-0.05, 0) is 26.3 Å². The van der Waals surface area contributed by atoms with Gasteiger partial charge in [0.25, 0.3) is 5.56 Å². The van der Waals surface area contributed by atoms with Crippen LogP contribution < -0.4 is 5.56 Å². The normalized spacial score (nSPS) is 15.0. The fourth-order valence-corrected chi connectivity index (χ4v) is 3.15. The summed E-state index contributed by atoms with van der Waals surface area (Å²) < 4.78 is 3.57. The molecule has 0 fully saturated rings. The number of hydrogen-bond donors (Lipinski definition) is 0. The van der Waals surface area contributed by atoms with Crippen molar-refractivity contribution in [2.75, 3.05) is 6.54 Å². The number of aryl methyl sites for hydroxylation is 1. The molecule has 0 unspecified atom stereocenters. The Labute approximate surface area is 145 Å². The van der Waals surface area contributed by atoms with E-state index in [0.29, 0.717) is 30.7 Å². The predicted octanol–water partition coefficient (Wildman–Crippen LogP) is 1.29. The molecule has 0 saturated heterocycles. The number of hydrogen-bond acceptors (Lipinski definition) is 6. The molecule has 0 radical (unpaired) electrons. The van der Waals surface area contributed by atoms with Crippen molar-refractivity contribution in [1.29, 1.82) is 0 Å². The first-order valence-electron chi connectivity index (χ1n) is 8.49. The highest BCUT2D eigenvalue weighted by atomic mass is 16.1. The minimum atomic E-state index is -0.00173. The molecule has 0 amide bonds. The Balaban J connectivity index is 1.66. The van der Waals surface area contributed by atoms with Gasteiger partial charge in [0.05, 0.1) is 19.3 Å². The highest BCUT2D eigenvalue weighted by molar-refractivity contribution is 5.73. The molecule has 130 valence electrons. The molecule has 8 heteroatoms.